The lowest BCUT2D eigenvalue weighted by Crippen LogP contribution is -2.10. The van der Waals surface area contributed by atoms with Crippen molar-refractivity contribution in [2.75, 3.05) is 24.3 Å². The Morgan fingerprint density at radius 1 is 1.22 bits per heavy atom. The molecule has 1 atom stereocenters. The molecule has 0 aliphatic carbocycles. The van der Waals surface area contributed by atoms with E-state index in [1.165, 1.54) is 14.4 Å². The molecule has 1 heterocycles. The van der Waals surface area contributed by atoms with Gasteiger partial charge in [0, 0.05) is 30.3 Å². The minimum atomic E-state index is 0.318. The highest BCUT2D eigenvalue weighted by Gasteiger charge is 2.08. The molecular formula is C14H17BrN2S. The fraction of sp³-hybridized carbons (Fsp3) is 0.286. The third-order valence-electron chi connectivity index (χ3n) is 2.77. The summed E-state index contributed by atoms with van der Waals surface area (Å²) in [4.78, 5) is 3.44. The third kappa shape index (κ3) is 3.27. The average molecular weight is 325 g/mol. The molecule has 96 valence electrons. The minimum Gasteiger partial charge on any atom is -0.378 e. The van der Waals surface area contributed by atoms with Crippen LogP contribution in [0.1, 0.15) is 17.8 Å². The first-order valence-electron chi connectivity index (χ1n) is 5.85. The van der Waals surface area contributed by atoms with Gasteiger partial charge in [-0.15, -0.1) is 11.3 Å². The number of anilines is 2. The van der Waals surface area contributed by atoms with Gasteiger partial charge in [0.15, 0.2) is 0 Å². The Morgan fingerprint density at radius 2 is 2.00 bits per heavy atom. The second-order valence-corrected chi connectivity index (χ2v) is 6.95. The van der Waals surface area contributed by atoms with E-state index in [2.05, 4.69) is 83.6 Å². The summed E-state index contributed by atoms with van der Waals surface area (Å²) in [6, 6.07) is 13.0. The summed E-state index contributed by atoms with van der Waals surface area (Å²) in [5.74, 6) is 0. The average Bonchev–Trinajstić information content (AvgIpc) is 2.76. The van der Waals surface area contributed by atoms with Crippen molar-refractivity contribution in [2.24, 2.45) is 0 Å². The molecule has 1 N–H and O–H groups in total. The molecule has 0 spiro atoms. The van der Waals surface area contributed by atoms with Crippen molar-refractivity contribution in [3.63, 3.8) is 0 Å². The first kappa shape index (κ1) is 13.4. The molecule has 2 rings (SSSR count). The molecule has 0 aliphatic rings. The third-order valence-corrected chi connectivity index (χ3v) is 4.57. The van der Waals surface area contributed by atoms with E-state index in [1.54, 1.807) is 11.3 Å². The van der Waals surface area contributed by atoms with Crippen LogP contribution < -0.4 is 10.2 Å². The quantitative estimate of drug-likeness (QED) is 0.873. The largest absolute Gasteiger partial charge is 0.378 e. The van der Waals surface area contributed by atoms with Crippen LogP contribution in [0.15, 0.2) is 40.2 Å². The van der Waals surface area contributed by atoms with Crippen LogP contribution in [0, 0.1) is 0 Å². The molecule has 18 heavy (non-hydrogen) atoms. The van der Waals surface area contributed by atoms with Gasteiger partial charge in [0.2, 0.25) is 0 Å². The van der Waals surface area contributed by atoms with Crippen LogP contribution in [0.25, 0.3) is 0 Å². The number of rotatable bonds is 4. The van der Waals surface area contributed by atoms with Crippen molar-refractivity contribution < 1.29 is 0 Å². The highest BCUT2D eigenvalue weighted by Crippen LogP contribution is 2.29. The molecule has 1 unspecified atom stereocenters. The molecule has 0 bridgehead atoms. The van der Waals surface area contributed by atoms with Crippen LogP contribution in [0.5, 0.6) is 0 Å². The summed E-state index contributed by atoms with van der Waals surface area (Å²) in [5, 5.41) is 3.53. The Labute approximate surface area is 121 Å². The molecule has 0 radical (unpaired) electrons. The summed E-state index contributed by atoms with van der Waals surface area (Å²) in [6.07, 6.45) is 0. The number of hydrogen-bond acceptors (Lipinski definition) is 3. The van der Waals surface area contributed by atoms with E-state index in [0.717, 1.165) is 5.69 Å². The summed E-state index contributed by atoms with van der Waals surface area (Å²) in [7, 11) is 4.11. The van der Waals surface area contributed by atoms with Gasteiger partial charge in [0.05, 0.1) is 9.83 Å². The van der Waals surface area contributed by atoms with E-state index in [9.17, 15) is 0 Å². The molecule has 1 aromatic carbocycles. The van der Waals surface area contributed by atoms with E-state index in [1.807, 2.05) is 0 Å². The van der Waals surface area contributed by atoms with E-state index < -0.39 is 0 Å². The van der Waals surface area contributed by atoms with Gasteiger partial charge in [-0.25, -0.2) is 0 Å². The van der Waals surface area contributed by atoms with Crippen LogP contribution >= 0.6 is 27.3 Å². The van der Waals surface area contributed by atoms with Crippen LogP contribution in [0.3, 0.4) is 0 Å². The minimum absolute atomic E-state index is 0.318. The zero-order valence-electron chi connectivity index (χ0n) is 10.8. The predicted molar refractivity (Wildman–Crippen MR) is 84.8 cm³/mol. The Balaban J connectivity index is 2.11. The second kappa shape index (κ2) is 5.76. The van der Waals surface area contributed by atoms with E-state index in [0.29, 0.717) is 6.04 Å². The maximum atomic E-state index is 3.53. The number of hydrogen-bond donors (Lipinski definition) is 1. The molecule has 0 saturated heterocycles. The number of thiophene rings is 1. The maximum absolute atomic E-state index is 3.53. The maximum Gasteiger partial charge on any atom is 0.0702 e. The van der Waals surface area contributed by atoms with Gasteiger partial charge >= 0.3 is 0 Å². The monoisotopic (exact) mass is 324 g/mol. The van der Waals surface area contributed by atoms with E-state index >= 15 is 0 Å². The summed E-state index contributed by atoms with van der Waals surface area (Å²) < 4.78 is 1.17. The molecule has 0 saturated carbocycles. The Hall–Kier alpha value is -1.000. The zero-order valence-corrected chi connectivity index (χ0v) is 13.2. The zero-order chi connectivity index (χ0) is 13.1. The molecule has 2 nitrogen and oxygen atoms in total. The van der Waals surface area contributed by atoms with E-state index in [4.69, 9.17) is 0 Å². The van der Waals surface area contributed by atoms with Crippen molar-refractivity contribution in [3.8, 4) is 0 Å². The normalized spacial score (nSPS) is 12.2. The van der Waals surface area contributed by atoms with Crippen LogP contribution in [-0.4, -0.2) is 14.1 Å². The smallest absolute Gasteiger partial charge is 0.0702 e. The van der Waals surface area contributed by atoms with Gasteiger partial charge < -0.3 is 10.2 Å². The summed E-state index contributed by atoms with van der Waals surface area (Å²) in [6.45, 7) is 2.18. The second-order valence-electron chi connectivity index (χ2n) is 4.45. The van der Waals surface area contributed by atoms with Crippen molar-refractivity contribution in [3.05, 3.63) is 45.1 Å². The number of benzene rings is 1. The Kier molecular flexibility index (Phi) is 4.30. The van der Waals surface area contributed by atoms with Crippen molar-refractivity contribution in [1.82, 2.24) is 0 Å². The van der Waals surface area contributed by atoms with Crippen molar-refractivity contribution >= 4 is 38.6 Å². The van der Waals surface area contributed by atoms with Crippen LogP contribution in [0.2, 0.25) is 0 Å². The van der Waals surface area contributed by atoms with Crippen molar-refractivity contribution in [1.29, 1.82) is 0 Å². The SMILES string of the molecule is CC(Nc1cccc(N(C)C)c1)c1ccc(Br)s1. The van der Waals surface area contributed by atoms with Gasteiger partial charge in [-0.1, -0.05) is 6.07 Å². The number of nitrogens with one attached hydrogen (secondary N) is 1. The molecule has 1 aromatic heterocycles. The molecule has 0 aliphatic heterocycles. The topological polar surface area (TPSA) is 15.3 Å². The highest BCUT2D eigenvalue weighted by molar-refractivity contribution is 9.11. The first-order valence-corrected chi connectivity index (χ1v) is 7.46. The van der Waals surface area contributed by atoms with Gasteiger partial charge in [-0.3, -0.25) is 0 Å². The molecule has 0 amide bonds. The molecular weight excluding hydrogens is 308 g/mol. The first-order chi connectivity index (χ1) is 8.56. The predicted octanol–water partition coefficient (Wildman–Crippen LogP) is 4.75. The fourth-order valence-corrected chi connectivity index (χ4v) is 3.18. The van der Waals surface area contributed by atoms with Gasteiger partial charge in [-0.05, 0) is 53.2 Å². The Morgan fingerprint density at radius 3 is 2.61 bits per heavy atom. The number of halogens is 1. The fourth-order valence-electron chi connectivity index (χ4n) is 1.76. The van der Waals surface area contributed by atoms with Crippen molar-refractivity contribution in [2.45, 2.75) is 13.0 Å². The van der Waals surface area contributed by atoms with Gasteiger partial charge in [0.25, 0.3) is 0 Å². The lowest BCUT2D eigenvalue weighted by molar-refractivity contribution is 0.908. The summed E-state index contributed by atoms with van der Waals surface area (Å²) in [5.41, 5.74) is 2.36. The molecule has 4 heteroatoms. The Bertz CT molecular complexity index is 522. The molecule has 0 fully saturated rings. The lowest BCUT2D eigenvalue weighted by Gasteiger charge is -2.17. The molecule has 2 aromatic rings. The van der Waals surface area contributed by atoms with Crippen LogP contribution in [-0.2, 0) is 0 Å². The van der Waals surface area contributed by atoms with Gasteiger partial charge in [-0.2, -0.15) is 0 Å². The lowest BCUT2D eigenvalue weighted by atomic mass is 10.2. The van der Waals surface area contributed by atoms with Crippen LogP contribution in [0.4, 0.5) is 11.4 Å². The standard InChI is InChI=1S/C14H17BrN2S/c1-10(13-7-8-14(15)18-13)16-11-5-4-6-12(9-11)17(2)3/h4-10,16H,1-3H3. The summed E-state index contributed by atoms with van der Waals surface area (Å²) >= 11 is 5.27. The number of nitrogens with zero attached hydrogens (tertiary/aromatic N) is 1. The van der Waals surface area contributed by atoms with E-state index in [-0.39, 0.29) is 0 Å². The van der Waals surface area contributed by atoms with Gasteiger partial charge in [0.1, 0.15) is 0 Å². The highest BCUT2D eigenvalue weighted by atomic mass is 79.9.